The number of halogens is 3. The number of benzene rings is 2. The van der Waals surface area contributed by atoms with Crippen LogP contribution in [0.2, 0.25) is 0 Å². The van der Waals surface area contributed by atoms with E-state index in [4.69, 9.17) is 9.94 Å². The molecule has 6 N–H and O–H groups in total. The van der Waals surface area contributed by atoms with Crippen LogP contribution < -0.4 is 16.9 Å². The molecule has 190 valence electrons. The first-order chi connectivity index (χ1) is 16.4. The van der Waals surface area contributed by atoms with Gasteiger partial charge in [-0.2, -0.15) is 0 Å². The lowest BCUT2D eigenvalue weighted by Gasteiger charge is -2.14. The van der Waals surface area contributed by atoms with Gasteiger partial charge >= 0.3 is 0 Å². The fourth-order valence-corrected chi connectivity index (χ4v) is 2.95. The second kappa shape index (κ2) is 18.6. The Hall–Kier alpha value is -2.79. The van der Waals surface area contributed by atoms with Crippen LogP contribution in [0, 0.1) is 24.4 Å². The summed E-state index contributed by atoms with van der Waals surface area (Å²) >= 11 is 0. The molecule has 0 unspecified atom stereocenters. The molecule has 0 radical (unpaired) electrons. The summed E-state index contributed by atoms with van der Waals surface area (Å²) in [4.78, 5) is 22.8. The predicted octanol–water partition coefficient (Wildman–Crippen LogP) is 4.80. The van der Waals surface area contributed by atoms with Gasteiger partial charge in [-0.15, -0.1) is 0 Å². The third-order valence-corrected chi connectivity index (χ3v) is 4.61. The summed E-state index contributed by atoms with van der Waals surface area (Å²) in [6.45, 7) is 2.33. The summed E-state index contributed by atoms with van der Waals surface area (Å²) in [6, 6.07) is 6.34. The fourth-order valence-electron chi connectivity index (χ4n) is 2.95. The molecule has 0 bridgehead atoms. The third-order valence-electron chi connectivity index (χ3n) is 4.61. The van der Waals surface area contributed by atoms with E-state index in [2.05, 4.69) is 16.9 Å². The van der Waals surface area contributed by atoms with Crippen molar-refractivity contribution in [3.63, 3.8) is 0 Å². The summed E-state index contributed by atoms with van der Waals surface area (Å²) < 4.78 is 47.7. The average molecular weight is 486 g/mol. The molecule has 0 atom stereocenters. The molecule has 0 aliphatic heterocycles. The summed E-state index contributed by atoms with van der Waals surface area (Å²) in [5.41, 5.74) is 4.67. The minimum absolute atomic E-state index is 0.0126. The van der Waals surface area contributed by atoms with Gasteiger partial charge in [0, 0.05) is 25.0 Å². The van der Waals surface area contributed by atoms with E-state index in [0.717, 1.165) is 38.0 Å². The van der Waals surface area contributed by atoms with E-state index in [-0.39, 0.29) is 24.3 Å². The largest absolute Gasteiger partial charge is 0.381 e. The first kappa shape index (κ1) is 31.2. The minimum Gasteiger partial charge on any atom is -0.381 e. The number of hydrogen-bond donors (Lipinski definition) is 4. The predicted molar refractivity (Wildman–Crippen MR) is 126 cm³/mol. The van der Waals surface area contributed by atoms with Gasteiger partial charge in [-0.3, -0.25) is 4.79 Å². The first-order valence-corrected chi connectivity index (χ1v) is 10.8. The number of unbranched alkanes of at least 4 members (excludes halogenated alkanes) is 4. The molecule has 2 rings (SSSR count). The highest BCUT2D eigenvalue weighted by Crippen LogP contribution is 2.29. The van der Waals surface area contributed by atoms with Crippen molar-refractivity contribution in [2.24, 2.45) is 11.6 Å². The number of rotatable bonds is 13. The molecule has 0 aliphatic rings. The van der Waals surface area contributed by atoms with Crippen molar-refractivity contribution in [2.75, 3.05) is 25.6 Å². The number of ether oxygens (including phenoxy) is 1. The number of carbonyl (C=O) groups is 2. The standard InChI is InChI=1S/C23H26F3NO3.CH5N.H3NO/c1-16-7-10-20(19(25)15-16)27-23-17(8-9-18(24)22(23)26)21(29)11-14-30-13-6-4-2-3-5-12-28;2*1-2/h7-10,12,15,27H,2-6,11,13-14H2,1H3;2H2,1H3;2H,1H2. The molecule has 0 aliphatic carbocycles. The lowest BCUT2D eigenvalue weighted by Crippen LogP contribution is -2.11. The van der Waals surface area contributed by atoms with Gasteiger partial charge < -0.3 is 25.8 Å². The number of hydrogen-bond acceptors (Lipinski definition) is 7. The number of anilines is 2. The van der Waals surface area contributed by atoms with Gasteiger partial charge in [-0.25, -0.2) is 19.1 Å². The van der Waals surface area contributed by atoms with Crippen molar-refractivity contribution in [3.05, 3.63) is 58.9 Å². The maximum atomic E-state index is 14.4. The number of nitrogens with one attached hydrogen (secondary N) is 1. The number of aldehydes is 1. The zero-order chi connectivity index (χ0) is 25.9. The molecule has 2 aromatic rings. The van der Waals surface area contributed by atoms with Crippen molar-refractivity contribution in [2.45, 2.75) is 45.4 Å². The zero-order valence-electron chi connectivity index (χ0n) is 19.6. The highest BCUT2D eigenvalue weighted by molar-refractivity contribution is 6.02. The van der Waals surface area contributed by atoms with Gasteiger partial charge in [0.25, 0.3) is 0 Å². The highest BCUT2D eigenvalue weighted by atomic mass is 19.2. The van der Waals surface area contributed by atoms with Crippen LogP contribution in [0.3, 0.4) is 0 Å². The molecule has 10 heteroatoms. The Morgan fingerprint density at radius 3 is 2.32 bits per heavy atom. The monoisotopic (exact) mass is 485 g/mol. The maximum Gasteiger partial charge on any atom is 0.182 e. The Morgan fingerprint density at radius 2 is 1.68 bits per heavy atom. The van der Waals surface area contributed by atoms with Crippen LogP contribution in [0.4, 0.5) is 24.5 Å². The lowest BCUT2D eigenvalue weighted by atomic mass is 10.0. The van der Waals surface area contributed by atoms with Crippen LogP contribution in [0.1, 0.15) is 54.4 Å². The van der Waals surface area contributed by atoms with Crippen LogP contribution in [-0.4, -0.2) is 37.5 Å². The minimum atomic E-state index is -1.24. The second-order valence-corrected chi connectivity index (χ2v) is 7.05. The molecule has 0 spiro atoms. The Labute approximate surface area is 198 Å². The van der Waals surface area contributed by atoms with Crippen molar-refractivity contribution < 1.29 is 32.7 Å². The number of ketones is 1. The highest BCUT2D eigenvalue weighted by Gasteiger charge is 2.20. The van der Waals surface area contributed by atoms with E-state index in [1.165, 1.54) is 25.2 Å². The second-order valence-electron chi connectivity index (χ2n) is 7.05. The van der Waals surface area contributed by atoms with E-state index in [1.807, 2.05) is 0 Å². The molecule has 0 heterocycles. The Kier molecular flexibility index (Phi) is 17.1. The van der Waals surface area contributed by atoms with Crippen molar-refractivity contribution in [1.82, 2.24) is 0 Å². The summed E-state index contributed by atoms with van der Waals surface area (Å²) in [7, 11) is 1.50. The van der Waals surface area contributed by atoms with E-state index in [1.54, 1.807) is 13.0 Å². The molecular formula is C24H34F3N3O4. The number of aryl methyl sites for hydroxylation is 1. The molecule has 2 aromatic carbocycles. The van der Waals surface area contributed by atoms with Crippen molar-refractivity contribution in [3.8, 4) is 0 Å². The fraction of sp³-hybridized carbons (Fsp3) is 0.417. The van der Waals surface area contributed by atoms with Crippen molar-refractivity contribution >= 4 is 23.4 Å². The van der Waals surface area contributed by atoms with E-state index in [9.17, 15) is 22.8 Å². The summed E-state index contributed by atoms with van der Waals surface area (Å²) in [6.07, 6.45) is 5.00. The van der Waals surface area contributed by atoms with E-state index >= 15 is 0 Å². The van der Waals surface area contributed by atoms with Gasteiger partial charge in [0.15, 0.2) is 17.4 Å². The van der Waals surface area contributed by atoms with Crippen LogP contribution in [0.5, 0.6) is 0 Å². The SMILES string of the molecule is CN.Cc1ccc(Nc2c(C(=O)CCOCCCCCCC=O)ccc(F)c2F)c(F)c1.NO. The lowest BCUT2D eigenvalue weighted by molar-refractivity contribution is -0.107. The van der Waals surface area contributed by atoms with E-state index in [0.29, 0.717) is 18.6 Å². The Morgan fingerprint density at radius 1 is 1.00 bits per heavy atom. The topological polar surface area (TPSA) is 128 Å². The van der Waals surface area contributed by atoms with Gasteiger partial charge in [0.1, 0.15) is 12.1 Å². The van der Waals surface area contributed by atoms with Gasteiger partial charge in [0.05, 0.1) is 18.0 Å². The molecule has 34 heavy (non-hydrogen) atoms. The molecule has 7 nitrogen and oxygen atoms in total. The van der Waals surface area contributed by atoms with Crippen LogP contribution in [0.25, 0.3) is 0 Å². The quantitative estimate of drug-likeness (QED) is 0.139. The van der Waals surface area contributed by atoms with Crippen LogP contribution >= 0.6 is 0 Å². The third kappa shape index (κ3) is 10.9. The normalized spacial score (nSPS) is 9.88. The zero-order valence-corrected chi connectivity index (χ0v) is 19.6. The van der Waals surface area contributed by atoms with E-state index < -0.39 is 28.9 Å². The first-order valence-electron chi connectivity index (χ1n) is 10.8. The molecular weight excluding hydrogens is 451 g/mol. The molecule has 0 amide bonds. The molecule has 0 saturated carbocycles. The van der Waals surface area contributed by atoms with Crippen molar-refractivity contribution in [1.29, 1.82) is 0 Å². The smallest absolute Gasteiger partial charge is 0.182 e. The van der Waals surface area contributed by atoms with Gasteiger partial charge in [0.2, 0.25) is 0 Å². The number of nitrogens with two attached hydrogens (primary N) is 2. The van der Waals surface area contributed by atoms with Crippen LogP contribution in [0.15, 0.2) is 30.3 Å². The molecule has 0 fully saturated rings. The Bertz CT molecular complexity index is 883. The molecule has 0 saturated heterocycles. The van der Waals surface area contributed by atoms with Gasteiger partial charge in [-0.1, -0.05) is 18.9 Å². The summed E-state index contributed by atoms with van der Waals surface area (Å²) in [5.74, 6) is 0.0629. The summed E-state index contributed by atoms with van der Waals surface area (Å²) in [5, 5.41) is 9.02. The number of Topliss-reactive ketones (excluding diaryl/α,β-unsaturated/α-hetero) is 1. The molecule has 0 aromatic heterocycles. The number of carbonyl (C=O) groups excluding carboxylic acids is 2. The van der Waals surface area contributed by atoms with Gasteiger partial charge in [-0.05, 0) is 56.6 Å². The Balaban J connectivity index is 0.00000258. The maximum absolute atomic E-state index is 14.4. The van der Waals surface area contributed by atoms with Crippen LogP contribution in [-0.2, 0) is 9.53 Å². The average Bonchev–Trinajstić information content (AvgIpc) is 2.85.